The number of methoxy groups -OCH3 is 2. The Balaban J connectivity index is 2.55. The summed E-state index contributed by atoms with van der Waals surface area (Å²) in [6.07, 6.45) is 2.40. The van der Waals surface area contributed by atoms with Crippen molar-refractivity contribution in [2.75, 3.05) is 26.1 Å². The lowest BCUT2D eigenvalue weighted by molar-refractivity contribution is 0.404. The van der Waals surface area contributed by atoms with Crippen LogP contribution in [0.5, 0.6) is 11.5 Å². The van der Waals surface area contributed by atoms with E-state index in [1.807, 2.05) is 18.2 Å². The van der Waals surface area contributed by atoms with E-state index in [-0.39, 0.29) is 0 Å². The normalized spacial score (nSPS) is 10.4. The molecule has 0 aliphatic carbocycles. The van der Waals surface area contributed by atoms with E-state index < -0.39 is 0 Å². The summed E-state index contributed by atoms with van der Waals surface area (Å²) in [5.74, 6) is 2.46. The molecule has 0 heterocycles. The van der Waals surface area contributed by atoms with Gasteiger partial charge in [0.25, 0.3) is 0 Å². The first-order valence-electron chi connectivity index (χ1n) is 6.13. The van der Waals surface area contributed by atoms with Gasteiger partial charge in [-0.05, 0) is 30.9 Å². The Kier molecular flexibility index (Phi) is 5.67. The van der Waals surface area contributed by atoms with Crippen LogP contribution >= 0.6 is 0 Å². The number of benzene rings is 1. The van der Waals surface area contributed by atoms with Gasteiger partial charge in [-0.3, -0.25) is 0 Å². The van der Waals surface area contributed by atoms with Crippen molar-refractivity contribution in [3.8, 4) is 11.5 Å². The van der Waals surface area contributed by atoms with Crippen molar-refractivity contribution in [3.05, 3.63) is 18.2 Å². The van der Waals surface area contributed by atoms with Gasteiger partial charge in [0, 0.05) is 12.6 Å². The van der Waals surface area contributed by atoms with E-state index in [1.54, 1.807) is 14.2 Å². The molecule has 0 unspecified atom stereocenters. The molecule has 0 bridgehead atoms. The van der Waals surface area contributed by atoms with Gasteiger partial charge in [0.2, 0.25) is 0 Å². The van der Waals surface area contributed by atoms with Gasteiger partial charge in [-0.1, -0.05) is 13.8 Å². The lowest BCUT2D eigenvalue weighted by atomic mass is 10.1. The minimum absolute atomic E-state index is 0.754. The third kappa shape index (κ3) is 4.55. The quantitative estimate of drug-likeness (QED) is 0.736. The highest BCUT2D eigenvalue weighted by Crippen LogP contribution is 2.28. The third-order valence-electron chi connectivity index (χ3n) is 2.68. The summed E-state index contributed by atoms with van der Waals surface area (Å²) >= 11 is 0. The second-order valence-corrected chi connectivity index (χ2v) is 4.53. The summed E-state index contributed by atoms with van der Waals surface area (Å²) in [5.41, 5.74) is 0.996. The molecular weight excluding hydrogens is 214 g/mol. The average Bonchev–Trinajstić information content (AvgIpc) is 2.34. The molecule has 0 aliphatic rings. The predicted octanol–water partition coefficient (Wildman–Crippen LogP) is 3.55. The molecule has 3 nitrogen and oxygen atoms in total. The number of nitrogens with one attached hydrogen (secondary N) is 1. The molecule has 0 radical (unpaired) electrons. The van der Waals surface area contributed by atoms with Crippen molar-refractivity contribution in [1.29, 1.82) is 0 Å². The van der Waals surface area contributed by atoms with E-state index in [0.717, 1.165) is 36.1 Å². The average molecular weight is 237 g/mol. The molecule has 1 N–H and O–H groups in total. The summed E-state index contributed by atoms with van der Waals surface area (Å²) < 4.78 is 10.5. The highest BCUT2D eigenvalue weighted by Gasteiger charge is 2.04. The SMILES string of the molecule is COc1ccc(OC)c(NCCCC(C)C)c1. The van der Waals surface area contributed by atoms with Gasteiger partial charge in [-0.2, -0.15) is 0 Å². The topological polar surface area (TPSA) is 30.5 Å². The van der Waals surface area contributed by atoms with Crippen molar-refractivity contribution in [2.45, 2.75) is 26.7 Å². The number of hydrogen-bond acceptors (Lipinski definition) is 3. The van der Waals surface area contributed by atoms with Crippen LogP contribution in [0.3, 0.4) is 0 Å². The molecule has 0 aliphatic heterocycles. The zero-order valence-corrected chi connectivity index (χ0v) is 11.2. The van der Waals surface area contributed by atoms with E-state index >= 15 is 0 Å². The molecule has 1 aromatic rings. The first kappa shape index (κ1) is 13.7. The lowest BCUT2D eigenvalue weighted by Gasteiger charge is -2.13. The minimum Gasteiger partial charge on any atom is -0.497 e. The van der Waals surface area contributed by atoms with Gasteiger partial charge in [0.15, 0.2) is 0 Å². The van der Waals surface area contributed by atoms with E-state index in [4.69, 9.17) is 9.47 Å². The van der Waals surface area contributed by atoms with Crippen LogP contribution in [0.25, 0.3) is 0 Å². The van der Waals surface area contributed by atoms with E-state index in [0.29, 0.717) is 0 Å². The Morgan fingerprint density at radius 3 is 2.53 bits per heavy atom. The fourth-order valence-electron chi connectivity index (χ4n) is 1.69. The third-order valence-corrected chi connectivity index (χ3v) is 2.68. The Labute approximate surface area is 104 Å². The molecule has 3 heteroatoms. The van der Waals surface area contributed by atoms with Gasteiger partial charge in [0.05, 0.1) is 19.9 Å². The van der Waals surface area contributed by atoms with Crippen LogP contribution < -0.4 is 14.8 Å². The monoisotopic (exact) mass is 237 g/mol. The molecule has 1 aromatic carbocycles. The molecule has 0 amide bonds. The minimum atomic E-state index is 0.754. The molecule has 0 atom stereocenters. The van der Waals surface area contributed by atoms with Crippen LogP contribution in [0.2, 0.25) is 0 Å². The highest BCUT2D eigenvalue weighted by atomic mass is 16.5. The zero-order chi connectivity index (χ0) is 12.7. The summed E-state index contributed by atoms with van der Waals surface area (Å²) in [7, 11) is 3.35. The van der Waals surface area contributed by atoms with Crippen molar-refractivity contribution in [2.24, 2.45) is 5.92 Å². The summed E-state index contributed by atoms with van der Waals surface area (Å²) in [5, 5.41) is 3.39. The van der Waals surface area contributed by atoms with E-state index in [9.17, 15) is 0 Å². The van der Waals surface area contributed by atoms with Crippen molar-refractivity contribution in [3.63, 3.8) is 0 Å². The Morgan fingerprint density at radius 2 is 1.94 bits per heavy atom. The Bertz CT molecular complexity index is 337. The zero-order valence-electron chi connectivity index (χ0n) is 11.2. The summed E-state index contributed by atoms with van der Waals surface area (Å²) in [4.78, 5) is 0. The molecule has 0 saturated heterocycles. The van der Waals surface area contributed by atoms with E-state index in [1.165, 1.54) is 6.42 Å². The van der Waals surface area contributed by atoms with Crippen LogP contribution in [-0.2, 0) is 0 Å². The van der Waals surface area contributed by atoms with Crippen molar-refractivity contribution >= 4 is 5.69 Å². The molecule has 0 saturated carbocycles. The molecule has 0 aromatic heterocycles. The number of rotatable bonds is 7. The largest absolute Gasteiger partial charge is 0.497 e. The standard InChI is InChI=1S/C14H23NO2/c1-11(2)6-5-9-15-13-10-12(16-3)7-8-14(13)17-4/h7-8,10-11,15H,5-6,9H2,1-4H3. The maximum Gasteiger partial charge on any atom is 0.142 e. The second-order valence-electron chi connectivity index (χ2n) is 4.53. The molecule has 96 valence electrons. The number of hydrogen-bond donors (Lipinski definition) is 1. The first-order valence-corrected chi connectivity index (χ1v) is 6.13. The van der Waals surface area contributed by atoms with Gasteiger partial charge < -0.3 is 14.8 Å². The maximum atomic E-state index is 5.30. The van der Waals surface area contributed by atoms with E-state index in [2.05, 4.69) is 19.2 Å². The molecular formula is C14H23NO2. The van der Waals surface area contributed by atoms with Crippen LogP contribution in [0.15, 0.2) is 18.2 Å². The second kappa shape index (κ2) is 7.05. The summed E-state index contributed by atoms with van der Waals surface area (Å²) in [6, 6.07) is 5.79. The molecule has 0 spiro atoms. The predicted molar refractivity (Wildman–Crippen MR) is 72.1 cm³/mol. The summed E-state index contributed by atoms with van der Waals surface area (Å²) in [6.45, 7) is 5.44. The van der Waals surface area contributed by atoms with Crippen LogP contribution in [0.1, 0.15) is 26.7 Å². The fraction of sp³-hybridized carbons (Fsp3) is 0.571. The van der Waals surface area contributed by atoms with Gasteiger partial charge in [0.1, 0.15) is 11.5 Å². The molecule has 17 heavy (non-hydrogen) atoms. The molecule has 1 rings (SSSR count). The van der Waals surface area contributed by atoms with Crippen molar-refractivity contribution in [1.82, 2.24) is 0 Å². The fourth-order valence-corrected chi connectivity index (χ4v) is 1.69. The van der Waals surface area contributed by atoms with Gasteiger partial charge in [-0.15, -0.1) is 0 Å². The number of anilines is 1. The van der Waals surface area contributed by atoms with Gasteiger partial charge >= 0.3 is 0 Å². The Hall–Kier alpha value is -1.38. The highest BCUT2D eigenvalue weighted by molar-refractivity contribution is 5.59. The van der Waals surface area contributed by atoms with Crippen molar-refractivity contribution < 1.29 is 9.47 Å². The lowest BCUT2D eigenvalue weighted by Crippen LogP contribution is -2.04. The first-order chi connectivity index (χ1) is 8.17. The Morgan fingerprint density at radius 1 is 1.18 bits per heavy atom. The van der Waals surface area contributed by atoms with Crippen LogP contribution in [-0.4, -0.2) is 20.8 Å². The van der Waals surface area contributed by atoms with Crippen LogP contribution in [0.4, 0.5) is 5.69 Å². The van der Waals surface area contributed by atoms with Gasteiger partial charge in [-0.25, -0.2) is 0 Å². The molecule has 0 fully saturated rings. The number of ether oxygens (including phenoxy) is 2. The van der Waals surface area contributed by atoms with Crippen LogP contribution in [0, 0.1) is 5.92 Å². The smallest absolute Gasteiger partial charge is 0.142 e. The maximum absolute atomic E-state index is 5.30.